The number of carbonyl (C=O) groups excluding carboxylic acids is 2. The van der Waals surface area contributed by atoms with Gasteiger partial charge >= 0.3 is 0 Å². The summed E-state index contributed by atoms with van der Waals surface area (Å²) in [4.78, 5) is 26.7. The summed E-state index contributed by atoms with van der Waals surface area (Å²) in [5.74, 6) is 0.630. The lowest BCUT2D eigenvalue weighted by atomic mass is 9.96. The second-order valence-corrected chi connectivity index (χ2v) is 7.22. The first-order chi connectivity index (χ1) is 14.1. The van der Waals surface area contributed by atoms with Gasteiger partial charge in [0.05, 0.1) is 26.1 Å². The number of carbonyl (C=O) groups is 2. The predicted octanol–water partition coefficient (Wildman–Crippen LogP) is 3.58. The number of benzene rings is 2. The van der Waals surface area contributed by atoms with Crippen LogP contribution in [0.4, 0.5) is 5.69 Å². The molecular weight excluding hydrogens is 368 g/mol. The number of hydrogen-bond donors (Lipinski definition) is 1. The molecule has 0 bridgehead atoms. The molecule has 154 valence electrons. The Morgan fingerprint density at radius 2 is 1.90 bits per heavy atom. The summed E-state index contributed by atoms with van der Waals surface area (Å²) in [6.45, 7) is 1.59. The summed E-state index contributed by atoms with van der Waals surface area (Å²) in [7, 11) is 3.23. The van der Waals surface area contributed by atoms with Crippen molar-refractivity contribution in [3.05, 3.63) is 48.5 Å². The van der Waals surface area contributed by atoms with E-state index in [0.29, 0.717) is 26.1 Å². The van der Waals surface area contributed by atoms with Crippen LogP contribution >= 0.6 is 0 Å². The highest BCUT2D eigenvalue weighted by atomic mass is 16.5. The zero-order valence-corrected chi connectivity index (χ0v) is 17.0. The van der Waals surface area contributed by atoms with Gasteiger partial charge in [-0.1, -0.05) is 24.3 Å². The van der Waals surface area contributed by atoms with Gasteiger partial charge < -0.3 is 19.7 Å². The number of hydrogen-bond acceptors (Lipinski definition) is 4. The first kappa shape index (κ1) is 20.9. The van der Waals surface area contributed by atoms with Crippen molar-refractivity contribution in [2.24, 2.45) is 5.92 Å². The number of likely N-dealkylation sites (tertiary alicyclic amines) is 1. The maximum Gasteiger partial charge on any atom is 0.229 e. The second-order valence-electron chi connectivity index (χ2n) is 7.22. The topological polar surface area (TPSA) is 67.9 Å². The van der Waals surface area contributed by atoms with E-state index in [0.717, 1.165) is 35.4 Å². The molecule has 29 heavy (non-hydrogen) atoms. The molecule has 2 aromatic carbocycles. The Morgan fingerprint density at radius 1 is 1.10 bits per heavy atom. The molecule has 1 unspecified atom stereocenters. The van der Waals surface area contributed by atoms with Crippen LogP contribution in [0, 0.1) is 5.92 Å². The molecule has 1 heterocycles. The summed E-state index contributed by atoms with van der Waals surface area (Å²) in [5.41, 5.74) is 2.86. The second kappa shape index (κ2) is 10.1. The first-order valence-corrected chi connectivity index (χ1v) is 9.93. The van der Waals surface area contributed by atoms with Crippen molar-refractivity contribution in [3.8, 4) is 16.9 Å². The summed E-state index contributed by atoms with van der Waals surface area (Å²) in [5, 5.41) is 2.99. The fourth-order valence-corrected chi connectivity index (χ4v) is 3.56. The third kappa shape index (κ3) is 5.57. The molecule has 1 aliphatic heterocycles. The van der Waals surface area contributed by atoms with E-state index in [-0.39, 0.29) is 17.7 Å². The number of amides is 2. The summed E-state index contributed by atoms with van der Waals surface area (Å²) in [6.07, 6.45) is 1.99. The maximum atomic E-state index is 12.7. The minimum absolute atomic E-state index is 0.0385. The number of anilines is 1. The zero-order valence-electron chi connectivity index (χ0n) is 17.0. The lowest BCUT2D eigenvalue weighted by molar-refractivity contribution is -0.135. The van der Waals surface area contributed by atoms with Gasteiger partial charge in [0, 0.05) is 25.9 Å². The molecule has 6 heteroatoms. The van der Waals surface area contributed by atoms with E-state index in [1.807, 2.05) is 48.5 Å². The van der Waals surface area contributed by atoms with E-state index in [2.05, 4.69) is 5.32 Å². The van der Waals surface area contributed by atoms with Gasteiger partial charge in [0.25, 0.3) is 0 Å². The van der Waals surface area contributed by atoms with Gasteiger partial charge in [0.2, 0.25) is 11.8 Å². The lowest BCUT2D eigenvalue weighted by Crippen LogP contribution is -2.44. The van der Waals surface area contributed by atoms with Gasteiger partial charge in [0.1, 0.15) is 5.75 Å². The Morgan fingerprint density at radius 3 is 2.62 bits per heavy atom. The van der Waals surface area contributed by atoms with Crippen LogP contribution < -0.4 is 10.1 Å². The van der Waals surface area contributed by atoms with E-state index < -0.39 is 0 Å². The molecule has 2 aromatic rings. The number of nitrogens with one attached hydrogen (secondary N) is 1. The Bertz CT molecular complexity index is 835. The van der Waals surface area contributed by atoms with E-state index >= 15 is 0 Å². The van der Waals surface area contributed by atoms with Crippen molar-refractivity contribution in [2.45, 2.75) is 19.3 Å². The summed E-state index contributed by atoms with van der Waals surface area (Å²) >= 11 is 0. The van der Waals surface area contributed by atoms with Crippen molar-refractivity contribution >= 4 is 17.5 Å². The highest BCUT2D eigenvalue weighted by Gasteiger charge is 2.28. The molecule has 0 aliphatic carbocycles. The van der Waals surface area contributed by atoms with E-state index in [9.17, 15) is 9.59 Å². The number of nitrogens with zero attached hydrogens (tertiary/aromatic N) is 1. The van der Waals surface area contributed by atoms with Gasteiger partial charge in [-0.3, -0.25) is 9.59 Å². The Balaban J connectivity index is 1.59. The largest absolute Gasteiger partial charge is 0.497 e. The van der Waals surface area contributed by atoms with Gasteiger partial charge in [-0.05, 0) is 48.2 Å². The van der Waals surface area contributed by atoms with Gasteiger partial charge in [-0.25, -0.2) is 0 Å². The fourth-order valence-electron chi connectivity index (χ4n) is 3.56. The Kier molecular flexibility index (Phi) is 7.25. The molecule has 1 saturated heterocycles. The van der Waals surface area contributed by atoms with Crippen molar-refractivity contribution in [3.63, 3.8) is 0 Å². The number of piperidine rings is 1. The van der Waals surface area contributed by atoms with Gasteiger partial charge in [-0.15, -0.1) is 0 Å². The van der Waals surface area contributed by atoms with Gasteiger partial charge in [-0.2, -0.15) is 0 Å². The normalized spacial score (nSPS) is 16.3. The SMILES string of the molecule is COCCC(=O)N1CCCC(C(=O)Nc2ccc(-c3cccc(OC)c3)cc2)C1. The minimum Gasteiger partial charge on any atom is -0.497 e. The highest BCUT2D eigenvalue weighted by molar-refractivity contribution is 5.93. The summed E-state index contributed by atoms with van der Waals surface area (Å²) in [6, 6.07) is 15.6. The quantitative estimate of drug-likeness (QED) is 0.777. The maximum absolute atomic E-state index is 12.7. The van der Waals surface area contributed by atoms with Crippen LogP contribution in [0.2, 0.25) is 0 Å². The Labute approximate surface area is 171 Å². The third-order valence-corrected chi connectivity index (χ3v) is 5.22. The molecule has 6 nitrogen and oxygen atoms in total. The monoisotopic (exact) mass is 396 g/mol. The average Bonchev–Trinajstić information content (AvgIpc) is 2.78. The van der Waals surface area contributed by atoms with Crippen LogP contribution in [0.15, 0.2) is 48.5 Å². The van der Waals surface area contributed by atoms with Gasteiger partial charge in [0.15, 0.2) is 0 Å². The molecule has 0 spiro atoms. The lowest BCUT2D eigenvalue weighted by Gasteiger charge is -2.32. The molecule has 1 atom stereocenters. The van der Waals surface area contributed by atoms with E-state index in [4.69, 9.17) is 9.47 Å². The van der Waals surface area contributed by atoms with Crippen LogP contribution in [0.1, 0.15) is 19.3 Å². The highest BCUT2D eigenvalue weighted by Crippen LogP contribution is 2.26. The van der Waals surface area contributed by atoms with Crippen molar-refractivity contribution in [1.29, 1.82) is 0 Å². The fraction of sp³-hybridized carbons (Fsp3) is 0.391. The van der Waals surface area contributed by atoms with Crippen molar-refractivity contribution in [2.75, 3.05) is 39.2 Å². The number of rotatable bonds is 7. The van der Waals surface area contributed by atoms with Crippen molar-refractivity contribution in [1.82, 2.24) is 4.90 Å². The first-order valence-electron chi connectivity index (χ1n) is 9.93. The number of methoxy groups -OCH3 is 2. The number of ether oxygens (including phenoxy) is 2. The minimum atomic E-state index is -0.187. The molecule has 3 rings (SSSR count). The van der Waals surface area contributed by atoms with Crippen LogP contribution in [-0.4, -0.2) is 50.6 Å². The van der Waals surface area contributed by atoms with Crippen LogP contribution in [0.3, 0.4) is 0 Å². The molecular formula is C23H28N2O4. The molecule has 0 aromatic heterocycles. The van der Waals surface area contributed by atoms with Crippen LogP contribution in [0.5, 0.6) is 5.75 Å². The third-order valence-electron chi connectivity index (χ3n) is 5.22. The Hall–Kier alpha value is -2.86. The molecule has 0 radical (unpaired) electrons. The van der Waals surface area contributed by atoms with E-state index in [1.54, 1.807) is 19.1 Å². The molecule has 0 saturated carbocycles. The molecule has 2 amide bonds. The van der Waals surface area contributed by atoms with Crippen LogP contribution in [0.25, 0.3) is 11.1 Å². The summed E-state index contributed by atoms with van der Waals surface area (Å²) < 4.78 is 10.3. The molecule has 1 N–H and O–H groups in total. The molecule has 1 aliphatic rings. The standard InChI is InChI=1S/C23H28N2O4/c1-28-14-12-22(26)25-13-4-6-19(16-25)23(27)24-20-10-8-17(9-11-20)18-5-3-7-21(15-18)29-2/h3,5,7-11,15,19H,4,6,12-14,16H2,1-2H3,(H,24,27). The smallest absolute Gasteiger partial charge is 0.229 e. The van der Waals surface area contributed by atoms with E-state index in [1.165, 1.54) is 0 Å². The average molecular weight is 396 g/mol. The van der Waals surface area contributed by atoms with Crippen molar-refractivity contribution < 1.29 is 19.1 Å². The zero-order chi connectivity index (χ0) is 20.6. The van der Waals surface area contributed by atoms with Crippen LogP contribution in [-0.2, 0) is 14.3 Å². The predicted molar refractivity (Wildman–Crippen MR) is 113 cm³/mol. The molecule has 1 fully saturated rings.